The van der Waals surface area contributed by atoms with Crippen LogP contribution in [0.4, 0.5) is 10.8 Å². The first-order chi connectivity index (χ1) is 11.5. The maximum Gasteiger partial charge on any atom is 0.226 e. The number of amides is 1. The van der Waals surface area contributed by atoms with Crippen molar-refractivity contribution in [2.45, 2.75) is 52.5 Å². The van der Waals surface area contributed by atoms with E-state index in [9.17, 15) is 4.79 Å². The van der Waals surface area contributed by atoms with E-state index in [0.717, 1.165) is 22.1 Å². The molecule has 2 N–H and O–H groups in total. The van der Waals surface area contributed by atoms with E-state index >= 15 is 0 Å². The van der Waals surface area contributed by atoms with Crippen LogP contribution in [0.5, 0.6) is 0 Å². The summed E-state index contributed by atoms with van der Waals surface area (Å²) in [4.78, 5) is 17.8. The summed E-state index contributed by atoms with van der Waals surface area (Å²) in [6.45, 7) is 5.89. The maximum atomic E-state index is 11.8. The summed E-state index contributed by atoms with van der Waals surface area (Å²) in [6.07, 6.45) is 5.13. The van der Waals surface area contributed by atoms with Crippen molar-refractivity contribution in [1.82, 2.24) is 4.98 Å². The summed E-state index contributed by atoms with van der Waals surface area (Å²) in [5.41, 5.74) is 2.95. The third-order valence-electron chi connectivity index (χ3n) is 4.43. The maximum absolute atomic E-state index is 11.8. The Hall–Kier alpha value is -1.88. The number of aryl methyl sites for hydroxylation is 1. The number of hydrogen-bond acceptors (Lipinski definition) is 4. The van der Waals surface area contributed by atoms with Crippen LogP contribution in [0.1, 0.15) is 44.4 Å². The van der Waals surface area contributed by atoms with Crippen LogP contribution in [0.3, 0.4) is 0 Å². The van der Waals surface area contributed by atoms with Gasteiger partial charge in [0.25, 0.3) is 0 Å². The van der Waals surface area contributed by atoms with E-state index in [0.29, 0.717) is 6.04 Å². The third-order valence-corrected chi connectivity index (χ3v) is 5.33. The van der Waals surface area contributed by atoms with E-state index in [1.54, 1.807) is 11.3 Å². The minimum absolute atomic E-state index is 0.0188. The topological polar surface area (TPSA) is 54.0 Å². The smallest absolute Gasteiger partial charge is 0.226 e. The Bertz CT molecular complexity index is 700. The molecule has 2 aromatic rings. The third kappa shape index (κ3) is 3.96. The largest absolute Gasteiger partial charge is 0.359 e. The molecule has 0 aliphatic heterocycles. The van der Waals surface area contributed by atoms with Crippen molar-refractivity contribution < 1.29 is 4.79 Å². The highest BCUT2D eigenvalue weighted by Crippen LogP contribution is 2.32. The second-order valence-corrected chi connectivity index (χ2v) is 7.97. The molecule has 0 saturated heterocycles. The van der Waals surface area contributed by atoms with Crippen molar-refractivity contribution in [3.05, 3.63) is 29.1 Å². The van der Waals surface area contributed by atoms with Gasteiger partial charge in [-0.3, -0.25) is 4.79 Å². The molecule has 1 aromatic heterocycles. The highest BCUT2D eigenvalue weighted by Gasteiger charge is 2.17. The van der Waals surface area contributed by atoms with Gasteiger partial charge in [0.2, 0.25) is 5.91 Å². The molecule has 1 heterocycles. The van der Waals surface area contributed by atoms with Gasteiger partial charge in [-0.15, -0.1) is 11.3 Å². The summed E-state index contributed by atoms with van der Waals surface area (Å²) in [5.74, 6) is 0.0188. The number of anilines is 2. The molecule has 128 valence electrons. The summed E-state index contributed by atoms with van der Waals surface area (Å²) in [5, 5.41) is 7.51. The number of nitrogens with one attached hydrogen (secondary N) is 2. The predicted octanol–water partition coefficient (Wildman–Crippen LogP) is 5.07. The zero-order valence-electron chi connectivity index (χ0n) is 14.6. The van der Waals surface area contributed by atoms with Gasteiger partial charge < -0.3 is 10.6 Å². The van der Waals surface area contributed by atoms with Crippen molar-refractivity contribution in [2.24, 2.45) is 5.92 Å². The molecule has 0 atom stereocenters. The summed E-state index contributed by atoms with van der Waals surface area (Å²) >= 11 is 1.72. The number of carbonyl (C=O) groups is 1. The van der Waals surface area contributed by atoms with Gasteiger partial charge >= 0.3 is 0 Å². The quantitative estimate of drug-likeness (QED) is 0.797. The molecule has 1 fully saturated rings. The predicted molar refractivity (Wildman–Crippen MR) is 102 cm³/mol. The Kier molecular flexibility index (Phi) is 5.19. The highest BCUT2D eigenvalue weighted by molar-refractivity contribution is 7.16. The average molecular weight is 343 g/mol. The van der Waals surface area contributed by atoms with Crippen LogP contribution >= 0.6 is 11.3 Å². The first-order valence-electron chi connectivity index (χ1n) is 8.68. The number of benzene rings is 1. The fourth-order valence-electron chi connectivity index (χ4n) is 2.97. The highest BCUT2D eigenvalue weighted by atomic mass is 32.1. The van der Waals surface area contributed by atoms with Crippen molar-refractivity contribution in [2.75, 3.05) is 10.6 Å². The Morgan fingerprint density at radius 1 is 1.21 bits per heavy atom. The molecule has 1 saturated carbocycles. The van der Waals surface area contributed by atoms with Gasteiger partial charge in [0.15, 0.2) is 5.13 Å². The zero-order valence-corrected chi connectivity index (χ0v) is 15.4. The minimum atomic E-state index is -0.0188. The van der Waals surface area contributed by atoms with Gasteiger partial charge in [0.05, 0.1) is 5.69 Å². The number of carbonyl (C=O) groups excluding carboxylic acids is 1. The number of nitrogens with zero attached hydrogens (tertiary/aromatic N) is 1. The number of rotatable bonds is 5. The minimum Gasteiger partial charge on any atom is -0.359 e. The van der Waals surface area contributed by atoms with Crippen molar-refractivity contribution in [1.29, 1.82) is 0 Å². The van der Waals surface area contributed by atoms with Crippen LogP contribution in [-0.4, -0.2) is 16.9 Å². The van der Waals surface area contributed by atoms with Crippen LogP contribution in [0.15, 0.2) is 24.3 Å². The van der Waals surface area contributed by atoms with Crippen molar-refractivity contribution >= 4 is 28.1 Å². The lowest BCUT2D eigenvalue weighted by molar-refractivity contribution is -0.118. The van der Waals surface area contributed by atoms with Gasteiger partial charge in [0.1, 0.15) is 0 Å². The van der Waals surface area contributed by atoms with Crippen LogP contribution in [0.2, 0.25) is 0 Å². The second-order valence-electron chi connectivity index (χ2n) is 6.77. The molecule has 0 radical (unpaired) electrons. The Balaban J connectivity index is 1.71. The lowest BCUT2D eigenvalue weighted by Gasteiger charge is -2.09. The van der Waals surface area contributed by atoms with E-state index < -0.39 is 0 Å². The molecule has 4 nitrogen and oxygen atoms in total. The molecule has 0 unspecified atom stereocenters. The summed E-state index contributed by atoms with van der Waals surface area (Å²) in [6, 6.07) is 8.52. The Morgan fingerprint density at radius 2 is 1.88 bits per heavy atom. The molecular weight excluding hydrogens is 318 g/mol. The first-order valence-corrected chi connectivity index (χ1v) is 9.50. The fourth-order valence-corrected chi connectivity index (χ4v) is 3.88. The van der Waals surface area contributed by atoms with Crippen molar-refractivity contribution in [3.63, 3.8) is 0 Å². The molecule has 0 bridgehead atoms. The van der Waals surface area contributed by atoms with Gasteiger partial charge in [0, 0.05) is 28.1 Å². The van der Waals surface area contributed by atoms with Crippen LogP contribution in [0, 0.1) is 12.8 Å². The van der Waals surface area contributed by atoms with Gasteiger partial charge in [-0.05, 0) is 31.9 Å². The van der Waals surface area contributed by atoms with E-state index in [1.807, 2.05) is 38.1 Å². The molecule has 1 aliphatic rings. The molecule has 5 heteroatoms. The fraction of sp³-hybridized carbons (Fsp3) is 0.474. The number of thiazole rings is 1. The summed E-state index contributed by atoms with van der Waals surface area (Å²) < 4.78 is 0. The van der Waals surface area contributed by atoms with Crippen LogP contribution in [-0.2, 0) is 4.79 Å². The van der Waals surface area contributed by atoms with E-state index in [-0.39, 0.29) is 11.8 Å². The monoisotopic (exact) mass is 343 g/mol. The van der Waals surface area contributed by atoms with Gasteiger partial charge in [-0.2, -0.15) is 0 Å². The normalized spacial score (nSPS) is 15.0. The summed E-state index contributed by atoms with van der Waals surface area (Å²) in [7, 11) is 0. The van der Waals surface area contributed by atoms with Crippen molar-refractivity contribution in [3.8, 4) is 11.3 Å². The molecule has 1 amide bonds. The molecule has 0 spiro atoms. The van der Waals surface area contributed by atoms with E-state index in [1.165, 1.54) is 30.6 Å². The lowest BCUT2D eigenvalue weighted by Crippen LogP contribution is -2.17. The average Bonchev–Trinajstić information content (AvgIpc) is 3.18. The molecule has 3 rings (SSSR count). The standard InChI is InChI=1S/C19H25N3OS/c1-12(2)18(23)20-16-10-8-14(9-11-16)17-13(3)24-19(22-17)21-15-6-4-5-7-15/h8-12,15H,4-7H2,1-3H3,(H,20,23)(H,21,22). The van der Waals surface area contributed by atoms with E-state index in [4.69, 9.17) is 4.98 Å². The first kappa shape index (κ1) is 17.0. The molecule has 1 aliphatic carbocycles. The molecular formula is C19H25N3OS. The lowest BCUT2D eigenvalue weighted by atomic mass is 10.1. The second kappa shape index (κ2) is 7.34. The molecule has 1 aromatic carbocycles. The molecule has 24 heavy (non-hydrogen) atoms. The SMILES string of the molecule is Cc1sc(NC2CCCC2)nc1-c1ccc(NC(=O)C(C)C)cc1. The van der Waals surface area contributed by atoms with E-state index in [2.05, 4.69) is 17.6 Å². The number of aromatic nitrogens is 1. The van der Waals surface area contributed by atoms with Gasteiger partial charge in [-0.1, -0.05) is 38.8 Å². The van der Waals surface area contributed by atoms with Crippen LogP contribution in [0.25, 0.3) is 11.3 Å². The van der Waals surface area contributed by atoms with Crippen LogP contribution < -0.4 is 10.6 Å². The zero-order chi connectivity index (χ0) is 17.1. The van der Waals surface area contributed by atoms with Gasteiger partial charge in [-0.25, -0.2) is 4.98 Å². The Morgan fingerprint density at radius 3 is 2.50 bits per heavy atom. The number of hydrogen-bond donors (Lipinski definition) is 2. The Labute approximate surface area is 147 Å².